The van der Waals surface area contributed by atoms with E-state index in [0.717, 1.165) is 16.5 Å². The maximum absolute atomic E-state index is 14.0. The first-order chi connectivity index (χ1) is 20.8. The van der Waals surface area contributed by atoms with E-state index in [-0.39, 0.29) is 11.3 Å². The highest BCUT2D eigenvalue weighted by Gasteiger charge is 2.47. The van der Waals surface area contributed by atoms with Crippen LogP contribution in [-0.2, 0) is 4.79 Å². The van der Waals surface area contributed by atoms with E-state index in [2.05, 4.69) is 18.8 Å². The lowest BCUT2D eigenvalue weighted by Gasteiger charge is -2.25. The third kappa shape index (κ3) is 5.18. The molecule has 0 fully saturated rings. The number of para-hydroxylation sites is 1. The monoisotopic (exact) mass is 598 g/mol. The molecule has 1 amide bonds. The molecule has 3 heterocycles. The predicted molar refractivity (Wildman–Crippen MR) is 165 cm³/mol. The number of Topliss-reactive ketones (excluding diaryl/α,β-unsaturated/α-hetero) is 1. The molecule has 0 saturated carbocycles. The molecular formula is C33H30N2O7S. The Morgan fingerprint density at radius 2 is 1.86 bits per heavy atom. The second kappa shape index (κ2) is 11.4. The minimum Gasteiger partial charge on any atom is -0.503 e. The molecular weight excluding hydrogens is 568 g/mol. The van der Waals surface area contributed by atoms with Gasteiger partial charge in [-0.25, -0.2) is 4.98 Å². The zero-order valence-corrected chi connectivity index (χ0v) is 24.9. The fourth-order valence-electron chi connectivity index (χ4n) is 5.08. The molecule has 0 bridgehead atoms. The van der Waals surface area contributed by atoms with Crippen molar-refractivity contribution < 1.29 is 33.3 Å². The second-order valence-electron chi connectivity index (χ2n) is 10.6. The highest BCUT2D eigenvalue weighted by Crippen LogP contribution is 2.46. The van der Waals surface area contributed by atoms with Crippen molar-refractivity contribution in [3.05, 3.63) is 89.4 Å². The third-order valence-electron chi connectivity index (χ3n) is 7.35. The summed E-state index contributed by atoms with van der Waals surface area (Å²) in [5.74, 6) is 0.0854. The van der Waals surface area contributed by atoms with Gasteiger partial charge in [-0.1, -0.05) is 49.4 Å². The third-order valence-corrected chi connectivity index (χ3v) is 8.37. The van der Waals surface area contributed by atoms with Gasteiger partial charge in [-0.3, -0.25) is 14.5 Å². The van der Waals surface area contributed by atoms with Crippen molar-refractivity contribution >= 4 is 49.3 Å². The SMILES string of the molecule is COc1ccc2nc(N3C(=O)C(O)=C(C(=O)c4cc5ccccc5o4)C3c3ccc(OCCC(C)C)c(OC)c3)sc2c1. The Morgan fingerprint density at radius 1 is 1.05 bits per heavy atom. The van der Waals surface area contributed by atoms with Crippen molar-refractivity contribution in [1.82, 2.24) is 4.98 Å². The van der Waals surface area contributed by atoms with Gasteiger partial charge in [-0.2, -0.15) is 0 Å². The average Bonchev–Trinajstić information content (AvgIpc) is 3.70. The van der Waals surface area contributed by atoms with Crippen LogP contribution < -0.4 is 19.1 Å². The average molecular weight is 599 g/mol. The molecule has 1 unspecified atom stereocenters. The summed E-state index contributed by atoms with van der Waals surface area (Å²) in [6, 6.07) is 18.4. The molecule has 1 N–H and O–H groups in total. The van der Waals surface area contributed by atoms with Crippen LogP contribution in [0.1, 0.15) is 42.4 Å². The highest BCUT2D eigenvalue weighted by atomic mass is 32.1. The molecule has 1 aliphatic heterocycles. The number of carbonyl (C=O) groups excluding carboxylic acids is 2. The number of thiazole rings is 1. The van der Waals surface area contributed by atoms with E-state index in [9.17, 15) is 14.7 Å². The van der Waals surface area contributed by atoms with Gasteiger partial charge in [-0.05, 0) is 60.4 Å². The summed E-state index contributed by atoms with van der Waals surface area (Å²) < 4.78 is 23.6. The Balaban J connectivity index is 1.47. The molecule has 1 aliphatic rings. The number of furan rings is 1. The van der Waals surface area contributed by atoms with E-state index >= 15 is 0 Å². The van der Waals surface area contributed by atoms with Gasteiger partial charge in [-0.15, -0.1) is 0 Å². The first-order valence-electron chi connectivity index (χ1n) is 13.8. The number of anilines is 1. The van der Waals surface area contributed by atoms with Crippen molar-refractivity contribution in [2.75, 3.05) is 25.7 Å². The van der Waals surface area contributed by atoms with Crippen LogP contribution in [0.3, 0.4) is 0 Å². The molecule has 9 nitrogen and oxygen atoms in total. The van der Waals surface area contributed by atoms with E-state index in [0.29, 0.717) is 51.6 Å². The Bertz CT molecular complexity index is 1850. The number of rotatable bonds is 10. The molecule has 1 atom stereocenters. The number of methoxy groups -OCH3 is 2. The summed E-state index contributed by atoms with van der Waals surface area (Å²) in [5, 5.41) is 12.3. The predicted octanol–water partition coefficient (Wildman–Crippen LogP) is 7.27. The quantitative estimate of drug-likeness (QED) is 0.167. The minimum atomic E-state index is -1.02. The van der Waals surface area contributed by atoms with Crippen molar-refractivity contribution in [3.8, 4) is 17.2 Å². The zero-order chi connectivity index (χ0) is 30.2. The summed E-state index contributed by atoms with van der Waals surface area (Å²) in [6.45, 7) is 4.74. The molecule has 3 aromatic carbocycles. The number of aromatic nitrogens is 1. The molecule has 2 aromatic heterocycles. The molecule has 0 saturated heterocycles. The number of benzene rings is 3. The molecule has 0 aliphatic carbocycles. The van der Waals surface area contributed by atoms with Gasteiger partial charge in [0.15, 0.2) is 28.1 Å². The molecule has 6 rings (SSSR count). The number of aliphatic hydroxyl groups excluding tert-OH is 1. The number of nitrogens with zero attached hydrogens (tertiary/aromatic N) is 2. The Morgan fingerprint density at radius 3 is 2.60 bits per heavy atom. The van der Waals surface area contributed by atoms with Gasteiger partial charge in [0.2, 0.25) is 5.78 Å². The molecule has 0 radical (unpaired) electrons. The van der Waals surface area contributed by atoms with E-state index in [1.807, 2.05) is 18.2 Å². The number of fused-ring (bicyclic) bond motifs is 2. The van der Waals surface area contributed by atoms with Gasteiger partial charge >= 0.3 is 0 Å². The normalized spacial score (nSPS) is 15.2. The van der Waals surface area contributed by atoms with Gasteiger partial charge in [0.1, 0.15) is 11.3 Å². The molecule has 220 valence electrons. The van der Waals surface area contributed by atoms with Crippen LogP contribution in [0.5, 0.6) is 17.2 Å². The van der Waals surface area contributed by atoms with Gasteiger partial charge < -0.3 is 23.7 Å². The van der Waals surface area contributed by atoms with Crippen LogP contribution in [0.15, 0.2) is 82.5 Å². The second-order valence-corrected chi connectivity index (χ2v) is 11.6. The first kappa shape index (κ1) is 28.3. The topological polar surface area (TPSA) is 111 Å². The number of ketones is 1. The number of carbonyl (C=O) groups is 2. The largest absolute Gasteiger partial charge is 0.503 e. The molecule has 0 spiro atoms. The smallest absolute Gasteiger partial charge is 0.296 e. The van der Waals surface area contributed by atoms with Crippen LogP contribution >= 0.6 is 11.3 Å². The lowest BCUT2D eigenvalue weighted by atomic mass is 9.95. The maximum atomic E-state index is 14.0. The Labute approximate surface area is 251 Å². The summed E-state index contributed by atoms with van der Waals surface area (Å²) in [7, 11) is 3.10. The molecule has 10 heteroatoms. The standard InChI is InChI=1S/C33H30N2O7S/c1-18(2)13-14-41-24-12-9-20(16-25(24)40-4)29-28(30(36)26-15-19-7-5-6-8-23(19)42-26)31(37)32(38)35(29)33-34-22-11-10-21(39-3)17-27(22)43-33/h5-12,15-18,29,37H,13-14H2,1-4H3. The highest BCUT2D eigenvalue weighted by molar-refractivity contribution is 7.22. The first-order valence-corrected chi connectivity index (χ1v) is 14.7. The fraction of sp³-hybridized carbons (Fsp3) is 0.242. The van der Waals surface area contributed by atoms with E-state index in [1.54, 1.807) is 55.6 Å². The number of aliphatic hydroxyl groups is 1. The number of amides is 1. The van der Waals surface area contributed by atoms with Gasteiger partial charge in [0.25, 0.3) is 5.91 Å². The van der Waals surface area contributed by atoms with Crippen LogP contribution in [0.2, 0.25) is 0 Å². The van der Waals surface area contributed by atoms with Crippen LogP contribution in [0, 0.1) is 5.92 Å². The zero-order valence-electron chi connectivity index (χ0n) is 24.1. The number of ether oxygens (including phenoxy) is 3. The molecule has 43 heavy (non-hydrogen) atoms. The van der Waals surface area contributed by atoms with E-state index in [1.165, 1.54) is 23.3 Å². The van der Waals surface area contributed by atoms with Gasteiger partial charge in [0, 0.05) is 5.39 Å². The van der Waals surface area contributed by atoms with Crippen molar-refractivity contribution in [2.45, 2.75) is 26.3 Å². The Kier molecular flexibility index (Phi) is 7.53. The van der Waals surface area contributed by atoms with E-state index in [4.69, 9.17) is 18.6 Å². The van der Waals surface area contributed by atoms with Crippen molar-refractivity contribution in [2.24, 2.45) is 5.92 Å². The minimum absolute atomic E-state index is 0.0111. The van der Waals surface area contributed by atoms with Crippen LogP contribution in [0.4, 0.5) is 5.13 Å². The fourth-order valence-corrected chi connectivity index (χ4v) is 6.10. The summed E-state index contributed by atoms with van der Waals surface area (Å²) in [5.41, 5.74) is 1.59. The van der Waals surface area contributed by atoms with E-state index < -0.39 is 23.5 Å². The lowest BCUT2D eigenvalue weighted by molar-refractivity contribution is -0.117. The maximum Gasteiger partial charge on any atom is 0.296 e. The summed E-state index contributed by atoms with van der Waals surface area (Å²) >= 11 is 1.25. The Hall–Kier alpha value is -4.83. The van der Waals surface area contributed by atoms with Crippen molar-refractivity contribution in [3.63, 3.8) is 0 Å². The summed E-state index contributed by atoms with van der Waals surface area (Å²) in [4.78, 5) is 33.8. The molecule has 5 aromatic rings. The number of hydrogen-bond donors (Lipinski definition) is 1. The van der Waals surface area contributed by atoms with Crippen LogP contribution in [-0.4, -0.2) is 42.6 Å². The summed E-state index contributed by atoms with van der Waals surface area (Å²) in [6.07, 6.45) is 0.866. The lowest BCUT2D eigenvalue weighted by Crippen LogP contribution is -2.31. The van der Waals surface area contributed by atoms with Crippen LogP contribution in [0.25, 0.3) is 21.2 Å². The number of hydrogen-bond acceptors (Lipinski definition) is 9. The van der Waals surface area contributed by atoms with Crippen molar-refractivity contribution in [1.29, 1.82) is 0 Å². The van der Waals surface area contributed by atoms with Gasteiger partial charge in [0.05, 0.1) is 42.7 Å².